The average Bonchev–Trinajstić information content (AvgIpc) is 2.70. The van der Waals surface area contributed by atoms with E-state index in [0.29, 0.717) is 12.2 Å². The summed E-state index contributed by atoms with van der Waals surface area (Å²) in [6, 6.07) is 5.55. The van der Waals surface area contributed by atoms with Crippen LogP contribution >= 0.6 is 11.8 Å². The van der Waals surface area contributed by atoms with E-state index in [-0.39, 0.29) is 33.2 Å². The van der Waals surface area contributed by atoms with Gasteiger partial charge in [0.05, 0.1) is 17.3 Å². The highest BCUT2D eigenvalue weighted by molar-refractivity contribution is 8.14. The molecular formula is C19H24N4O5S2. The second kappa shape index (κ2) is 11.0. The number of ketones is 1. The van der Waals surface area contributed by atoms with Crippen molar-refractivity contribution in [2.24, 2.45) is 0 Å². The Kier molecular flexibility index (Phi) is 8.75. The van der Waals surface area contributed by atoms with Crippen molar-refractivity contribution >= 4 is 38.5 Å². The molecule has 0 saturated heterocycles. The molecule has 0 radical (unpaired) electrons. The van der Waals surface area contributed by atoms with Crippen LogP contribution in [0, 0.1) is 0 Å². The first-order valence-electron chi connectivity index (χ1n) is 9.06. The number of anilines is 1. The third-order valence-electron chi connectivity index (χ3n) is 3.75. The van der Waals surface area contributed by atoms with Crippen LogP contribution < -0.4 is 9.46 Å². The van der Waals surface area contributed by atoms with E-state index < -0.39 is 10.0 Å². The maximum atomic E-state index is 12.6. The SMILES string of the molecule is CC(=O)SCC(=O)c1ccc(NS(=O)(=O)c2ccnc(OCCCN(C)C)c2)nc1. The minimum absolute atomic E-state index is 0.0103. The predicted octanol–water partition coefficient (Wildman–Crippen LogP) is 2.07. The highest BCUT2D eigenvalue weighted by atomic mass is 32.2. The summed E-state index contributed by atoms with van der Waals surface area (Å²) >= 11 is 0.907. The van der Waals surface area contributed by atoms with Crippen molar-refractivity contribution in [2.45, 2.75) is 18.2 Å². The highest BCUT2D eigenvalue weighted by Gasteiger charge is 2.17. The molecule has 0 bridgehead atoms. The summed E-state index contributed by atoms with van der Waals surface area (Å²) in [6.45, 7) is 2.64. The Morgan fingerprint density at radius 1 is 1.20 bits per heavy atom. The second-order valence-corrected chi connectivity index (χ2v) is 9.41. The Hall–Kier alpha value is -2.50. The fourth-order valence-corrected chi connectivity index (χ4v) is 3.77. The first-order chi connectivity index (χ1) is 14.2. The van der Waals surface area contributed by atoms with Gasteiger partial charge in [-0.3, -0.25) is 14.3 Å². The third-order valence-corrected chi connectivity index (χ3v) is 5.91. The van der Waals surface area contributed by atoms with Gasteiger partial charge >= 0.3 is 0 Å². The first kappa shape index (κ1) is 23.8. The van der Waals surface area contributed by atoms with Crippen LogP contribution in [0.25, 0.3) is 0 Å². The molecule has 0 aliphatic carbocycles. The van der Waals surface area contributed by atoms with Gasteiger partial charge in [0.25, 0.3) is 10.0 Å². The number of rotatable bonds is 11. The Bertz CT molecular complexity index is 979. The number of hydrogen-bond donors (Lipinski definition) is 1. The molecule has 2 rings (SSSR count). The Labute approximate surface area is 180 Å². The zero-order valence-corrected chi connectivity index (χ0v) is 18.6. The summed E-state index contributed by atoms with van der Waals surface area (Å²) in [6.07, 6.45) is 3.41. The standard InChI is InChI=1S/C19H24N4O5S2/c1-14(24)29-13-17(25)15-5-6-18(21-12-15)22-30(26,27)16-7-8-20-19(11-16)28-10-4-9-23(2)3/h5-8,11-12H,4,9-10,13H2,1-3H3,(H,21,22). The van der Waals surface area contributed by atoms with E-state index in [1.165, 1.54) is 43.6 Å². The molecule has 0 aromatic carbocycles. The van der Waals surface area contributed by atoms with E-state index in [0.717, 1.165) is 24.7 Å². The van der Waals surface area contributed by atoms with Crippen LogP contribution in [0.2, 0.25) is 0 Å². The Morgan fingerprint density at radius 2 is 1.97 bits per heavy atom. The van der Waals surface area contributed by atoms with Gasteiger partial charge in [0, 0.05) is 37.5 Å². The lowest BCUT2D eigenvalue weighted by Gasteiger charge is -2.11. The summed E-state index contributed by atoms with van der Waals surface area (Å²) in [5.41, 5.74) is 0.295. The van der Waals surface area contributed by atoms with Crippen LogP contribution in [-0.2, 0) is 14.8 Å². The van der Waals surface area contributed by atoms with Crippen molar-refractivity contribution in [3.05, 3.63) is 42.2 Å². The molecule has 30 heavy (non-hydrogen) atoms. The van der Waals surface area contributed by atoms with E-state index in [1.807, 2.05) is 19.0 Å². The average molecular weight is 453 g/mol. The van der Waals surface area contributed by atoms with E-state index >= 15 is 0 Å². The molecule has 0 spiro atoms. The lowest BCUT2D eigenvalue weighted by molar-refractivity contribution is -0.109. The van der Waals surface area contributed by atoms with E-state index in [4.69, 9.17) is 4.74 Å². The molecule has 0 amide bonds. The van der Waals surface area contributed by atoms with E-state index in [2.05, 4.69) is 14.7 Å². The predicted molar refractivity (Wildman–Crippen MR) is 115 cm³/mol. The van der Waals surface area contributed by atoms with Crippen molar-refractivity contribution in [3.8, 4) is 5.88 Å². The molecule has 2 aromatic heterocycles. The minimum Gasteiger partial charge on any atom is -0.478 e. The zero-order valence-electron chi connectivity index (χ0n) is 17.0. The number of sulfonamides is 1. The number of nitrogens with one attached hydrogen (secondary N) is 1. The lowest BCUT2D eigenvalue weighted by Crippen LogP contribution is -2.16. The molecule has 0 aliphatic heterocycles. The number of ether oxygens (including phenoxy) is 1. The number of Topliss-reactive ketones (excluding diaryl/α,β-unsaturated/α-hetero) is 1. The Balaban J connectivity index is 2.01. The van der Waals surface area contributed by atoms with Gasteiger partial charge in [-0.05, 0) is 38.7 Å². The molecule has 1 N–H and O–H groups in total. The summed E-state index contributed by atoms with van der Waals surface area (Å²) in [7, 11) is 0.00522. The highest BCUT2D eigenvalue weighted by Crippen LogP contribution is 2.18. The number of pyridine rings is 2. The van der Waals surface area contributed by atoms with Gasteiger partial charge in [-0.25, -0.2) is 18.4 Å². The number of thioether (sulfide) groups is 1. The van der Waals surface area contributed by atoms with Crippen molar-refractivity contribution in [3.63, 3.8) is 0 Å². The molecule has 2 heterocycles. The molecule has 0 fully saturated rings. The summed E-state index contributed by atoms with van der Waals surface area (Å²) < 4.78 is 33.1. The fraction of sp³-hybridized carbons (Fsp3) is 0.368. The van der Waals surface area contributed by atoms with E-state index in [1.54, 1.807) is 0 Å². The number of carbonyl (C=O) groups excluding carboxylic acids is 2. The van der Waals surface area contributed by atoms with Gasteiger partial charge in [-0.2, -0.15) is 0 Å². The molecule has 2 aromatic rings. The van der Waals surface area contributed by atoms with Gasteiger partial charge in [0.15, 0.2) is 10.9 Å². The van der Waals surface area contributed by atoms with Crippen LogP contribution in [0.15, 0.2) is 41.6 Å². The third kappa shape index (κ3) is 7.73. The number of hydrogen-bond acceptors (Lipinski definition) is 9. The topological polar surface area (TPSA) is 119 Å². The van der Waals surface area contributed by atoms with Crippen molar-refractivity contribution < 1.29 is 22.7 Å². The van der Waals surface area contributed by atoms with Crippen LogP contribution in [0.1, 0.15) is 23.7 Å². The first-order valence-corrected chi connectivity index (χ1v) is 11.5. The molecular weight excluding hydrogens is 428 g/mol. The van der Waals surface area contributed by atoms with Crippen molar-refractivity contribution in [2.75, 3.05) is 37.7 Å². The summed E-state index contributed by atoms with van der Waals surface area (Å²) in [5.74, 6) is 0.0306. The van der Waals surface area contributed by atoms with Crippen LogP contribution in [0.4, 0.5) is 5.82 Å². The van der Waals surface area contributed by atoms with Crippen LogP contribution in [0.3, 0.4) is 0 Å². The molecule has 11 heteroatoms. The number of nitrogens with zero attached hydrogens (tertiary/aromatic N) is 3. The van der Waals surface area contributed by atoms with Gasteiger partial charge in [0.1, 0.15) is 5.82 Å². The molecule has 162 valence electrons. The van der Waals surface area contributed by atoms with Gasteiger partial charge < -0.3 is 9.64 Å². The zero-order chi connectivity index (χ0) is 22.1. The van der Waals surface area contributed by atoms with Gasteiger partial charge in [-0.15, -0.1) is 0 Å². The quantitative estimate of drug-likeness (QED) is 0.404. The molecule has 0 atom stereocenters. The molecule has 0 saturated carbocycles. The van der Waals surface area contributed by atoms with Crippen molar-refractivity contribution in [1.29, 1.82) is 0 Å². The van der Waals surface area contributed by atoms with Crippen molar-refractivity contribution in [1.82, 2.24) is 14.9 Å². The Morgan fingerprint density at radius 3 is 2.60 bits per heavy atom. The van der Waals surface area contributed by atoms with Gasteiger partial charge in [0.2, 0.25) is 5.88 Å². The fourth-order valence-electron chi connectivity index (χ4n) is 2.26. The summed E-state index contributed by atoms with van der Waals surface area (Å²) in [5, 5.41) is -0.154. The molecule has 0 unspecified atom stereocenters. The monoisotopic (exact) mass is 452 g/mol. The summed E-state index contributed by atoms with van der Waals surface area (Å²) in [4.78, 5) is 32.9. The minimum atomic E-state index is -3.91. The van der Waals surface area contributed by atoms with Crippen LogP contribution in [0.5, 0.6) is 5.88 Å². The maximum Gasteiger partial charge on any atom is 0.263 e. The second-order valence-electron chi connectivity index (χ2n) is 6.58. The van der Waals surface area contributed by atoms with Crippen LogP contribution in [-0.4, -0.2) is 67.2 Å². The largest absolute Gasteiger partial charge is 0.478 e. The van der Waals surface area contributed by atoms with E-state index in [9.17, 15) is 18.0 Å². The maximum absolute atomic E-state index is 12.6. The lowest BCUT2D eigenvalue weighted by atomic mass is 10.2. The number of aromatic nitrogens is 2. The molecule has 0 aliphatic rings. The van der Waals surface area contributed by atoms with Gasteiger partial charge in [-0.1, -0.05) is 11.8 Å². The number of carbonyl (C=O) groups is 2. The molecule has 9 nitrogen and oxygen atoms in total. The smallest absolute Gasteiger partial charge is 0.263 e. The normalized spacial score (nSPS) is 11.3.